The summed E-state index contributed by atoms with van der Waals surface area (Å²) in [6.45, 7) is 1.92. The van der Waals surface area contributed by atoms with Crippen LogP contribution in [0.2, 0.25) is 0 Å². The Kier molecular flexibility index (Phi) is 5.63. The molecule has 0 aliphatic rings. The average molecular weight is 267 g/mol. The van der Waals surface area contributed by atoms with Gasteiger partial charge in [-0.05, 0) is 29.8 Å². The van der Waals surface area contributed by atoms with E-state index in [1.54, 1.807) is 12.1 Å². The topological polar surface area (TPSA) is 42.2 Å². The van der Waals surface area contributed by atoms with E-state index in [1.807, 2.05) is 42.5 Å². The Balaban J connectivity index is 1.58. The Morgan fingerprint density at radius 3 is 2.35 bits per heavy atom. The molecule has 3 nitrogen and oxygen atoms in total. The van der Waals surface area contributed by atoms with Crippen LogP contribution in [0.5, 0.6) is 5.75 Å². The highest BCUT2D eigenvalue weighted by molar-refractivity contribution is 5.34. The summed E-state index contributed by atoms with van der Waals surface area (Å²) < 4.78 is 11.1. The number of nitrogens with zero attached hydrogens (tertiary/aromatic N) is 1. The van der Waals surface area contributed by atoms with Crippen molar-refractivity contribution in [1.82, 2.24) is 0 Å². The van der Waals surface area contributed by atoms with Gasteiger partial charge in [-0.2, -0.15) is 5.26 Å². The lowest BCUT2D eigenvalue weighted by molar-refractivity contribution is 0.107. The van der Waals surface area contributed by atoms with Crippen LogP contribution in [0.15, 0.2) is 54.6 Å². The molecule has 0 radical (unpaired) electrons. The fraction of sp³-hybridized carbons (Fsp3) is 0.235. The maximum Gasteiger partial charge on any atom is 0.119 e. The van der Waals surface area contributed by atoms with Crippen molar-refractivity contribution in [2.75, 3.05) is 13.2 Å². The molecule has 2 rings (SSSR count). The van der Waals surface area contributed by atoms with Gasteiger partial charge in [0.15, 0.2) is 0 Å². The van der Waals surface area contributed by atoms with Gasteiger partial charge in [-0.15, -0.1) is 0 Å². The van der Waals surface area contributed by atoms with Crippen molar-refractivity contribution in [1.29, 1.82) is 5.26 Å². The van der Waals surface area contributed by atoms with Gasteiger partial charge < -0.3 is 9.47 Å². The molecule has 0 N–H and O–H groups in total. The molecule has 0 aromatic heterocycles. The smallest absolute Gasteiger partial charge is 0.119 e. The van der Waals surface area contributed by atoms with Crippen LogP contribution in [0.1, 0.15) is 17.5 Å². The Bertz CT molecular complexity index is 543. The quantitative estimate of drug-likeness (QED) is 0.720. The molecule has 0 amide bonds. The number of hydrogen-bond donors (Lipinski definition) is 0. The van der Waals surface area contributed by atoms with Crippen LogP contribution < -0.4 is 4.74 Å². The monoisotopic (exact) mass is 267 g/mol. The predicted molar refractivity (Wildman–Crippen MR) is 77.4 cm³/mol. The highest BCUT2D eigenvalue weighted by atomic mass is 16.5. The summed E-state index contributed by atoms with van der Waals surface area (Å²) in [5.74, 6) is 0.784. The molecule has 0 unspecified atom stereocenters. The van der Waals surface area contributed by atoms with Crippen LogP contribution in [-0.2, 0) is 11.3 Å². The van der Waals surface area contributed by atoms with Crippen molar-refractivity contribution < 1.29 is 9.47 Å². The highest BCUT2D eigenvalue weighted by Gasteiger charge is 1.96. The molecule has 0 atom stereocenters. The van der Waals surface area contributed by atoms with Gasteiger partial charge in [0.05, 0.1) is 31.5 Å². The van der Waals surface area contributed by atoms with Crippen molar-refractivity contribution in [2.45, 2.75) is 13.0 Å². The molecule has 0 heterocycles. The van der Waals surface area contributed by atoms with Gasteiger partial charge in [0.25, 0.3) is 0 Å². The molecular formula is C17H17NO2. The second-order valence-electron chi connectivity index (χ2n) is 4.38. The van der Waals surface area contributed by atoms with E-state index in [2.05, 4.69) is 6.07 Å². The van der Waals surface area contributed by atoms with Gasteiger partial charge in [0.2, 0.25) is 0 Å². The fourth-order valence-electron chi connectivity index (χ4n) is 1.74. The summed E-state index contributed by atoms with van der Waals surface area (Å²) in [4.78, 5) is 0. The van der Waals surface area contributed by atoms with E-state index >= 15 is 0 Å². The summed E-state index contributed by atoms with van der Waals surface area (Å²) in [6, 6.07) is 19.3. The minimum absolute atomic E-state index is 0.612. The normalized spacial score (nSPS) is 9.95. The number of rotatable bonds is 7. The number of ether oxygens (including phenoxy) is 2. The summed E-state index contributed by atoms with van der Waals surface area (Å²) in [5, 5.41) is 8.69. The van der Waals surface area contributed by atoms with Crippen LogP contribution >= 0.6 is 0 Å². The van der Waals surface area contributed by atoms with Gasteiger partial charge in [-0.1, -0.05) is 30.3 Å². The summed E-state index contributed by atoms with van der Waals surface area (Å²) in [6.07, 6.45) is 0.840. The van der Waals surface area contributed by atoms with Gasteiger partial charge in [-0.25, -0.2) is 0 Å². The van der Waals surface area contributed by atoms with Crippen molar-refractivity contribution >= 4 is 0 Å². The summed E-state index contributed by atoms with van der Waals surface area (Å²) in [7, 11) is 0. The standard InChI is InChI=1S/C17H17NO2/c18-13-15-7-9-17(10-8-15)20-12-4-11-19-14-16-5-2-1-3-6-16/h1-3,5-10H,4,11-12,14H2. The van der Waals surface area contributed by atoms with E-state index in [9.17, 15) is 0 Å². The fourth-order valence-corrected chi connectivity index (χ4v) is 1.74. The van der Waals surface area contributed by atoms with Crippen molar-refractivity contribution in [3.63, 3.8) is 0 Å². The number of benzene rings is 2. The summed E-state index contributed by atoms with van der Waals surface area (Å²) in [5.41, 5.74) is 1.82. The number of nitriles is 1. The predicted octanol–water partition coefficient (Wildman–Crippen LogP) is 3.54. The molecule has 0 saturated heterocycles. The second kappa shape index (κ2) is 7.98. The Morgan fingerprint density at radius 1 is 0.900 bits per heavy atom. The van der Waals surface area contributed by atoms with E-state index in [1.165, 1.54) is 5.56 Å². The lowest BCUT2D eigenvalue weighted by Crippen LogP contribution is -2.03. The zero-order valence-electron chi connectivity index (χ0n) is 11.3. The van der Waals surface area contributed by atoms with Crippen LogP contribution in [0, 0.1) is 11.3 Å². The van der Waals surface area contributed by atoms with Crippen molar-refractivity contribution in [3.05, 3.63) is 65.7 Å². The zero-order valence-corrected chi connectivity index (χ0v) is 11.3. The van der Waals surface area contributed by atoms with Crippen LogP contribution in [0.3, 0.4) is 0 Å². The molecule has 0 fully saturated rings. The largest absolute Gasteiger partial charge is 0.494 e. The first-order valence-electron chi connectivity index (χ1n) is 6.63. The number of hydrogen-bond acceptors (Lipinski definition) is 3. The van der Waals surface area contributed by atoms with Crippen LogP contribution in [-0.4, -0.2) is 13.2 Å². The molecule has 2 aromatic carbocycles. The van der Waals surface area contributed by atoms with Gasteiger partial charge in [0, 0.05) is 6.42 Å². The van der Waals surface area contributed by atoms with Crippen molar-refractivity contribution in [2.24, 2.45) is 0 Å². The SMILES string of the molecule is N#Cc1ccc(OCCCOCc2ccccc2)cc1. The highest BCUT2D eigenvalue weighted by Crippen LogP contribution is 2.11. The van der Waals surface area contributed by atoms with Gasteiger partial charge in [-0.3, -0.25) is 0 Å². The third kappa shape index (κ3) is 4.75. The van der Waals surface area contributed by atoms with Crippen molar-refractivity contribution in [3.8, 4) is 11.8 Å². The maximum absolute atomic E-state index is 8.69. The first-order chi connectivity index (χ1) is 9.88. The van der Waals surface area contributed by atoms with Crippen LogP contribution in [0.4, 0.5) is 0 Å². The molecule has 0 aliphatic carbocycles. The van der Waals surface area contributed by atoms with Gasteiger partial charge in [0.1, 0.15) is 5.75 Å². The van der Waals surface area contributed by atoms with Crippen LogP contribution in [0.25, 0.3) is 0 Å². The van der Waals surface area contributed by atoms with Gasteiger partial charge >= 0.3 is 0 Å². The first-order valence-corrected chi connectivity index (χ1v) is 6.63. The second-order valence-corrected chi connectivity index (χ2v) is 4.38. The van der Waals surface area contributed by atoms with E-state index in [4.69, 9.17) is 14.7 Å². The maximum atomic E-state index is 8.69. The molecule has 0 aliphatic heterocycles. The Hall–Kier alpha value is -2.31. The Morgan fingerprint density at radius 2 is 1.65 bits per heavy atom. The average Bonchev–Trinajstić information content (AvgIpc) is 2.52. The lowest BCUT2D eigenvalue weighted by Gasteiger charge is -2.07. The molecule has 102 valence electrons. The minimum Gasteiger partial charge on any atom is -0.494 e. The molecule has 0 bridgehead atoms. The Labute approximate surface area is 119 Å². The minimum atomic E-state index is 0.612. The van der Waals surface area contributed by atoms with E-state index in [0.717, 1.165) is 12.2 Å². The van der Waals surface area contributed by atoms with E-state index in [-0.39, 0.29) is 0 Å². The third-order valence-electron chi connectivity index (χ3n) is 2.80. The summed E-state index contributed by atoms with van der Waals surface area (Å²) >= 11 is 0. The molecule has 0 saturated carbocycles. The molecule has 2 aromatic rings. The molecule has 0 spiro atoms. The van der Waals surface area contributed by atoms with E-state index < -0.39 is 0 Å². The molecular weight excluding hydrogens is 250 g/mol. The zero-order chi connectivity index (χ0) is 14.0. The van der Waals surface area contributed by atoms with E-state index in [0.29, 0.717) is 25.4 Å². The molecule has 20 heavy (non-hydrogen) atoms. The lowest BCUT2D eigenvalue weighted by atomic mass is 10.2. The third-order valence-corrected chi connectivity index (χ3v) is 2.80. The first kappa shape index (κ1) is 14.1. The molecule has 3 heteroatoms.